The Hall–Kier alpha value is -2.31. The third-order valence-corrected chi connectivity index (χ3v) is 6.25. The third-order valence-electron chi connectivity index (χ3n) is 5.14. The second kappa shape index (κ2) is 8.59. The van der Waals surface area contributed by atoms with Crippen LogP contribution in [0.1, 0.15) is 19.4 Å². The van der Waals surface area contributed by atoms with Crippen LogP contribution < -0.4 is 0 Å². The van der Waals surface area contributed by atoms with Crippen LogP contribution in [0.15, 0.2) is 59.6 Å². The fourth-order valence-corrected chi connectivity index (χ4v) is 4.87. The van der Waals surface area contributed by atoms with Crippen molar-refractivity contribution in [2.75, 3.05) is 13.1 Å². The third kappa shape index (κ3) is 4.65. The summed E-state index contributed by atoms with van der Waals surface area (Å²) in [6.45, 7) is 5.59. The van der Waals surface area contributed by atoms with Crippen molar-refractivity contribution < 1.29 is 13.9 Å². The van der Waals surface area contributed by atoms with Gasteiger partial charge < -0.3 is 14.2 Å². The topological polar surface area (TPSA) is 34.5 Å². The van der Waals surface area contributed by atoms with Gasteiger partial charge in [-0.3, -0.25) is 4.79 Å². The molecule has 0 spiro atoms. The molecule has 2 heterocycles. The van der Waals surface area contributed by atoms with Crippen molar-refractivity contribution in [3.63, 3.8) is 0 Å². The first-order valence-electron chi connectivity index (χ1n) is 9.88. The number of nitrogens with zero attached hydrogens (tertiary/aromatic N) is 2. The molecule has 1 aliphatic heterocycles. The molecule has 0 aliphatic carbocycles. The lowest BCUT2D eigenvalue weighted by Gasteiger charge is -2.35. The second-order valence-corrected chi connectivity index (χ2v) is 8.63. The Morgan fingerprint density at radius 2 is 1.79 bits per heavy atom. The van der Waals surface area contributed by atoms with Crippen LogP contribution in [0.4, 0.5) is 4.39 Å². The molecule has 2 atom stereocenters. The lowest BCUT2D eigenvalue weighted by molar-refractivity contribution is -0.143. The Morgan fingerprint density at radius 1 is 1.10 bits per heavy atom. The summed E-state index contributed by atoms with van der Waals surface area (Å²) in [6, 6.07) is 14.7. The highest BCUT2D eigenvalue weighted by atomic mass is 32.2. The molecule has 4 rings (SSSR count). The van der Waals surface area contributed by atoms with Gasteiger partial charge in [0.1, 0.15) is 12.4 Å². The van der Waals surface area contributed by atoms with Crippen LogP contribution in [-0.4, -0.2) is 40.7 Å². The van der Waals surface area contributed by atoms with Gasteiger partial charge in [-0.25, -0.2) is 4.39 Å². The minimum atomic E-state index is -0.222. The summed E-state index contributed by atoms with van der Waals surface area (Å²) in [5, 5.41) is 1.14. The predicted octanol–water partition coefficient (Wildman–Crippen LogP) is 4.71. The molecule has 2 aromatic carbocycles. The smallest absolute Gasteiger partial charge is 0.242 e. The zero-order valence-electron chi connectivity index (χ0n) is 16.7. The van der Waals surface area contributed by atoms with Crippen molar-refractivity contribution in [1.29, 1.82) is 0 Å². The standard InChI is InChI=1S/C23H25FN2O2S/c1-16-11-26(12-17(2)28-16)23(27)14-25-13-22(20-5-3-4-6-21(20)25)29-15-18-7-9-19(24)10-8-18/h3-10,13,16-17H,11-12,14-15H2,1-2H3/t16-,17+. The predicted molar refractivity (Wildman–Crippen MR) is 114 cm³/mol. The highest BCUT2D eigenvalue weighted by Crippen LogP contribution is 2.32. The molecule has 1 amide bonds. The first kappa shape index (κ1) is 20.0. The molecular weight excluding hydrogens is 387 g/mol. The number of morpholine rings is 1. The van der Waals surface area contributed by atoms with Crippen molar-refractivity contribution >= 4 is 28.6 Å². The van der Waals surface area contributed by atoms with Gasteiger partial charge in [-0.15, -0.1) is 11.8 Å². The van der Waals surface area contributed by atoms with Gasteiger partial charge in [-0.1, -0.05) is 30.3 Å². The molecule has 0 radical (unpaired) electrons. The summed E-state index contributed by atoms with van der Waals surface area (Å²) in [6.07, 6.45) is 2.18. The SMILES string of the molecule is C[C@@H]1CN(C(=O)Cn2cc(SCc3ccc(F)cc3)c3ccccc32)C[C@H](C)O1. The number of halogens is 1. The van der Waals surface area contributed by atoms with Gasteiger partial charge >= 0.3 is 0 Å². The Kier molecular flexibility index (Phi) is 5.92. The van der Waals surface area contributed by atoms with Crippen molar-refractivity contribution in [2.24, 2.45) is 0 Å². The molecule has 1 aromatic heterocycles. The summed E-state index contributed by atoms with van der Waals surface area (Å²) >= 11 is 1.70. The van der Waals surface area contributed by atoms with Gasteiger partial charge in [0, 0.05) is 40.8 Å². The van der Waals surface area contributed by atoms with Crippen LogP contribution in [0.25, 0.3) is 10.9 Å². The van der Waals surface area contributed by atoms with E-state index in [9.17, 15) is 9.18 Å². The van der Waals surface area contributed by atoms with Crippen LogP contribution in [-0.2, 0) is 21.8 Å². The van der Waals surface area contributed by atoms with E-state index in [1.807, 2.05) is 47.6 Å². The average Bonchev–Trinajstić information content (AvgIpc) is 3.04. The van der Waals surface area contributed by atoms with E-state index in [1.165, 1.54) is 12.1 Å². The Morgan fingerprint density at radius 3 is 2.52 bits per heavy atom. The minimum absolute atomic E-state index is 0.0610. The molecule has 0 N–H and O–H groups in total. The van der Waals surface area contributed by atoms with Crippen LogP contribution >= 0.6 is 11.8 Å². The molecule has 3 aromatic rings. The number of para-hydroxylation sites is 1. The van der Waals surface area contributed by atoms with E-state index < -0.39 is 0 Å². The highest BCUT2D eigenvalue weighted by molar-refractivity contribution is 7.98. The molecule has 0 saturated carbocycles. The van der Waals surface area contributed by atoms with Crippen LogP contribution in [0, 0.1) is 5.82 Å². The van der Waals surface area contributed by atoms with Crippen LogP contribution in [0.3, 0.4) is 0 Å². The van der Waals surface area contributed by atoms with E-state index in [4.69, 9.17) is 4.74 Å². The van der Waals surface area contributed by atoms with E-state index >= 15 is 0 Å². The molecule has 1 aliphatic rings. The quantitative estimate of drug-likeness (QED) is 0.569. The largest absolute Gasteiger partial charge is 0.372 e. The van der Waals surface area contributed by atoms with Gasteiger partial charge in [-0.05, 0) is 37.6 Å². The maximum absolute atomic E-state index is 13.1. The maximum atomic E-state index is 13.1. The van der Waals surface area contributed by atoms with E-state index in [0.29, 0.717) is 19.6 Å². The van der Waals surface area contributed by atoms with Crippen molar-refractivity contribution in [3.05, 3.63) is 66.1 Å². The van der Waals surface area contributed by atoms with Crippen molar-refractivity contribution in [1.82, 2.24) is 9.47 Å². The fourth-order valence-electron chi connectivity index (χ4n) is 3.83. The van der Waals surface area contributed by atoms with Gasteiger partial charge in [0.15, 0.2) is 0 Å². The molecule has 1 saturated heterocycles. The number of amides is 1. The van der Waals surface area contributed by atoms with Gasteiger partial charge in [0.2, 0.25) is 5.91 Å². The summed E-state index contributed by atoms with van der Waals surface area (Å²) in [5.41, 5.74) is 2.12. The molecule has 1 fully saturated rings. The Labute approximate surface area is 174 Å². The van der Waals surface area contributed by atoms with Crippen LogP contribution in [0.2, 0.25) is 0 Å². The average molecular weight is 413 g/mol. The van der Waals surface area contributed by atoms with Gasteiger partial charge in [0.25, 0.3) is 0 Å². The second-order valence-electron chi connectivity index (χ2n) is 7.61. The Bertz CT molecular complexity index is 992. The summed E-state index contributed by atoms with van der Waals surface area (Å²) in [4.78, 5) is 16.0. The molecule has 0 bridgehead atoms. The zero-order chi connectivity index (χ0) is 20.4. The number of thioether (sulfide) groups is 1. The first-order valence-corrected chi connectivity index (χ1v) is 10.9. The molecule has 6 heteroatoms. The first-order chi connectivity index (χ1) is 14.0. The number of ether oxygens (including phenoxy) is 1. The van der Waals surface area contributed by atoms with Crippen molar-refractivity contribution in [2.45, 2.75) is 43.2 Å². The van der Waals surface area contributed by atoms with E-state index in [-0.39, 0.29) is 23.9 Å². The number of rotatable bonds is 5. The summed E-state index contributed by atoms with van der Waals surface area (Å²) < 4.78 is 20.9. The maximum Gasteiger partial charge on any atom is 0.242 e. The summed E-state index contributed by atoms with van der Waals surface area (Å²) in [5.74, 6) is 0.643. The summed E-state index contributed by atoms with van der Waals surface area (Å²) in [7, 11) is 0. The number of hydrogen-bond donors (Lipinski definition) is 0. The molecule has 29 heavy (non-hydrogen) atoms. The fraction of sp³-hybridized carbons (Fsp3) is 0.348. The molecule has 0 unspecified atom stereocenters. The number of carbonyl (C=O) groups excluding carboxylic acids is 1. The number of fused-ring (bicyclic) bond motifs is 1. The van der Waals surface area contributed by atoms with E-state index in [2.05, 4.69) is 18.3 Å². The van der Waals surface area contributed by atoms with Gasteiger partial charge in [-0.2, -0.15) is 0 Å². The number of hydrogen-bond acceptors (Lipinski definition) is 3. The Balaban J connectivity index is 1.52. The minimum Gasteiger partial charge on any atom is -0.372 e. The number of aromatic nitrogens is 1. The lowest BCUT2D eigenvalue weighted by Crippen LogP contribution is -2.49. The van der Waals surface area contributed by atoms with Crippen LogP contribution in [0.5, 0.6) is 0 Å². The van der Waals surface area contributed by atoms with E-state index in [0.717, 1.165) is 27.1 Å². The molecule has 4 nitrogen and oxygen atoms in total. The van der Waals surface area contributed by atoms with Crippen molar-refractivity contribution in [3.8, 4) is 0 Å². The number of carbonyl (C=O) groups is 1. The normalized spacial score (nSPS) is 19.6. The lowest BCUT2D eigenvalue weighted by atomic mass is 10.2. The van der Waals surface area contributed by atoms with E-state index in [1.54, 1.807) is 11.8 Å². The number of benzene rings is 2. The molecule has 152 valence electrons. The highest BCUT2D eigenvalue weighted by Gasteiger charge is 2.26. The molecular formula is C23H25FN2O2S. The zero-order valence-corrected chi connectivity index (χ0v) is 17.5. The monoisotopic (exact) mass is 412 g/mol. The van der Waals surface area contributed by atoms with Gasteiger partial charge in [0.05, 0.1) is 12.2 Å².